The number of carbonyl (C=O) groups excluding carboxylic acids is 1. The van der Waals surface area contributed by atoms with Crippen LogP contribution in [0.4, 0.5) is 0 Å². The zero-order chi connectivity index (χ0) is 31.6. The van der Waals surface area contributed by atoms with Gasteiger partial charge in [0.15, 0.2) is 0 Å². The predicted octanol–water partition coefficient (Wildman–Crippen LogP) is 7.93. The molecule has 1 aromatic heterocycles. The van der Waals surface area contributed by atoms with E-state index in [4.69, 9.17) is 9.72 Å². The number of rotatable bonds is 11. The van der Waals surface area contributed by atoms with Crippen molar-refractivity contribution >= 4 is 5.97 Å². The molecule has 242 valence electrons. The van der Waals surface area contributed by atoms with E-state index in [9.17, 15) is 15.0 Å². The number of carbonyl (C=O) groups is 1. The second-order valence-corrected chi connectivity index (χ2v) is 14.6. The van der Waals surface area contributed by atoms with E-state index < -0.39 is 12.2 Å². The standard InChI is InChI=1S/C39H52N2O4/c1-4-10-31-25-40-37(41-31)39(21-22-39)35(45-36(44)28-11-6-5-7-12-28)15-8-14-30-18-19-33-27(13-9-20-38(30,33)3)16-17-29-23-32(42)24-34(43)26(29)2/h5-7,11-12,16-17,25,30,32-35,42-43H,2,4,8-10,13-15,18-24H2,1,3H3,(H,40,41)/b27-16+,29-17-. The zero-order valence-corrected chi connectivity index (χ0v) is 27.3. The van der Waals surface area contributed by atoms with Gasteiger partial charge in [0.1, 0.15) is 11.9 Å². The first kappa shape index (κ1) is 32.0. The van der Waals surface area contributed by atoms with Crippen molar-refractivity contribution in [2.24, 2.45) is 17.3 Å². The molecule has 1 heterocycles. The number of H-pyrrole nitrogens is 1. The third-order valence-electron chi connectivity index (χ3n) is 11.7. The molecular weight excluding hydrogens is 560 g/mol. The van der Waals surface area contributed by atoms with Crippen LogP contribution in [0.2, 0.25) is 0 Å². The molecule has 6 unspecified atom stereocenters. The van der Waals surface area contributed by atoms with E-state index in [0.29, 0.717) is 30.2 Å². The Bertz CT molecular complexity index is 1420. The molecule has 4 fully saturated rings. The first-order chi connectivity index (χ1) is 21.7. The first-order valence-corrected chi connectivity index (χ1v) is 17.5. The summed E-state index contributed by atoms with van der Waals surface area (Å²) in [5.41, 5.74) is 5.09. The van der Waals surface area contributed by atoms with Crippen LogP contribution in [-0.4, -0.2) is 44.5 Å². The number of allylic oxidation sites excluding steroid dienone is 3. The topological polar surface area (TPSA) is 95.4 Å². The molecule has 0 radical (unpaired) electrons. The summed E-state index contributed by atoms with van der Waals surface area (Å²) in [6.45, 7) is 8.79. The molecule has 0 bridgehead atoms. The van der Waals surface area contributed by atoms with Crippen molar-refractivity contribution in [2.75, 3.05) is 0 Å². The van der Waals surface area contributed by atoms with Crippen molar-refractivity contribution in [1.29, 1.82) is 0 Å². The number of benzene rings is 1. The molecule has 6 nitrogen and oxygen atoms in total. The lowest BCUT2D eigenvalue weighted by Crippen LogP contribution is -2.34. The lowest BCUT2D eigenvalue weighted by atomic mass is 9.62. The number of aryl methyl sites for hydroxylation is 1. The number of ether oxygens (including phenoxy) is 1. The second kappa shape index (κ2) is 13.4. The van der Waals surface area contributed by atoms with Gasteiger partial charge in [-0.15, -0.1) is 0 Å². The van der Waals surface area contributed by atoms with E-state index in [1.165, 1.54) is 31.3 Å². The maximum Gasteiger partial charge on any atom is 0.338 e. The third kappa shape index (κ3) is 6.64. The van der Waals surface area contributed by atoms with Crippen molar-refractivity contribution in [3.05, 3.63) is 89.1 Å². The van der Waals surface area contributed by atoms with Gasteiger partial charge in [-0.1, -0.05) is 62.8 Å². The number of aromatic amines is 1. The van der Waals surface area contributed by atoms with Crippen LogP contribution in [0.3, 0.4) is 0 Å². The van der Waals surface area contributed by atoms with E-state index in [1.54, 1.807) is 0 Å². The van der Waals surface area contributed by atoms with Crippen LogP contribution >= 0.6 is 0 Å². The SMILES string of the molecule is C=C1/C(=C\C=C2/CCCC3(C)C(CCCC(OC(=O)c4ccccc4)C4(c5ncc(CCC)[nH]5)CC4)CCC23)CC(O)CC1O. The number of aromatic nitrogens is 2. The number of nitrogens with one attached hydrogen (secondary N) is 1. The van der Waals surface area contributed by atoms with Crippen molar-refractivity contribution in [1.82, 2.24) is 9.97 Å². The summed E-state index contributed by atoms with van der Waals surface area (Å²) in [5, 5.41) is 20.5. The number of fused-ring (bicyclic) bond motifs is 1. The summed E-state index contributed by atoms with van der Waals surface area (Å²) in [7, 11) is 0. The van der Waals surface area contributed by atoms with Gasteiger partial charge >= 0.3 is 5.97 Å². The third-order valence-corrected chi connectivity index (χ3v) is 11.7. The molecule has 0 spiro atoms. The summed E-state index contributed by atoms with van der Waals surface area (Å²) < 4.78 is 6.36. The summed E-state index contributed by atoms with van der Waals surface area (Å²) in [6.07, 6.45) is 19.1. The lowest BCUT2D eigenvalue weighted by molar-refractivity contribution is 0.0148. The van der Waals surface area contributed by atoms with Crippen LogP contribution in [0.25, 0.3) is 0 Å². The maximum absolute atomic E-state index is 13.3. The van der Waals surface area contributed by atoms with Crippen LogP contribution in [0.1, 0.15) is 119 Å². The lowest BCUT2D eigenvalue weighted by Gasteiger charge is -2.42. The molecule has 0 saturated heterocycles. The fraction of sp³-hybridized carbons (Fsp3) is 0.590. The number of imidazole rings is 1. The Balaban J connectivity index is 1.14. The predicted molar refractivity (Wildman–Crippen MR) is 178 cm³/mol. The number of hydrogen-bond acceptors (Lipinski definition) is 5. The van der Waals surface area contributed by atoms with Crippen molar-refractivity contribution in [3.63, 3.8) is 0 Å². The van der Waals surface area contributed by atoms with Gasteiger partial charge in [-0.05, 0) is 118 Å². The Morgan fingerprint density at radius 1 is 1.18 bits per heavy atom. The van der Waals surface area contributed by atoms with E-state index in [2.05, 4.69) is 37.6 Å². The number of aliphatic hydroxyl groups is 2. The molecule has 0 amide bonds. The van der Waals surface area contributed by atoms with Gasteiger partial charge in [0.05, 0.1) is 23.2 Å². The fourth-order valence-electron chi connectivity index (χ4n) is 8.91. The number of nitrogens with zero attached hydrogens (tertiary/aromatic N) is 1. The van der Waals surface area contributed by atoms with Gasteiger partial charge in [-0.2, -0.15) is 0 Å². The van der Waals surface area contributed by atoms with Crippen LogP contribution in [-0.2, 0) is 16.6 Å². The molecule has 2 aromatic rings. The molecule has 0 aliphatic heterocycles. The maximum atomic E-state index is 13.3. The molecular formula is C39H52N2O4. The molecule has 4 aliphatic carbocycles. The highest BCUT2D eigenvalue weighted by molar-refractivity contribution is 5.89. The zero-order valence-electron chi connectivity index (χ0n) is 27.3. The highest BCUT2D eigenvalue weighted by Gasteiger charge is 2.55. The van der Waals surface area contributed by atoms with Crippen LogP contribution < -0.4 is 0 Å². The summed E-state index contributed by atoms with van der Waals surface area (Å²) in [5.74, 6) is 1.97. The van der Waals surface area contributed by atoms with Crippen LogP contribution in [0.15, 0.2) is 72.0 Å². The van der Waals surface area contributed by atoms with Crippen molar-refractivity contribution < 1.29 is 19.7 Å². The summed E-state index contributed by atoms with van der Waals surface area (Å²) in [6, 6.07) is 9.38. The Labute approximate surface area is 269 Å². The molecule has 45 heavy (non-hydrogen) atoms. The average molecular weight is 613 g/mol. The largest absolute Gasteiger partial charge is 0.458 e. The molecule has 6 atom stereocenters. The van der Waals surface area contributed by atoms with Gasteiger partial charge in [0.2, 0.25) is 0 Å². The molecule has 4 aliphatic rings. The minimum absolute atomic E-state index is 0.196. The van der Waals surface area contributed by atoms with Crippen LogP contribution in [0.5, 0.6) is 0 Å². The highest BCUT2D eigenvalue weighted by atomic mass is 16.5. The number of aliphatic hydroxyl groups excluding tert-OH is 2. The Morgan fingerprint density at radius 3 is 2.73 bits per heavy atom. The van der Waals surface area contributed by atoms with Gasteiger partial charge < -0.3 is 19.9 Å². The molecule has 1 aromatic carbocycles. The number of hydrogen-bond donors (Lipinski definition) is 3. The summed E-state index contributed by atoms with van der Waals surface area (Å²) in [4.78, 5) is 21.7. The molecule has 6 rings (SSSR count). The minimum Gasteiger partial charge on any atom is -0.458 e. The average Bonchev–Trinajstić information content (AvgIpc) is 3.58. The van der Waals surface area contributed by atoms with Crippen molar-refractivity contribution in [2.45, 2.75) is 127 Å². The van der Waals surface area contributed by atoms with E-state index in [0.717, 1.165) is 74.0 Å². The molecule has 3 N–H and O–H groups in total. The second-order valence-electron chi connectivity index (χ2n) is 14.6. The Hall–Kier alpha value is -2.96. The highest BCUT2D eigenvalue weighted by Crippen LogP contribution is 2.59. The van der Waals surface area contributed by atoms with Gasteiger partial charge in [-0.3, -0.25) is 0 Å². The van der Waals surface area contributed by atoms with Gasteiger partial charge in [0.25, 0.3) is 0 Å². The first-order valence-electron chi connectivity index (χ1n) is 17.5. The van der Waals surface area contributed by atoms with Crippen LogP contribution in [0, 0.1) is 17.3 Å². The minimum atomic E-state index is -0.650. The van der Waals surface area contributed by atoms with Crippen molar-refractivity contribution in [3.8, 4) is 0 Å². The molecule has 6 heteroatoms. The summed E-state index contributed by atoms with van der Waals surface area (Å²) >= 11 is 0. The Morgan fingerprint density at radius 2 is 1.98 bits per heavy atom. The van der Waals surface area contributed by atoms with E-state index in [-0.39, 0.29) is 22.9 Å². The fourth-order valence-corrected chi connectivity index (χ4v) is 8.91. The smallest absolute Gasteiger partial charge is 0.338 e. The van der Waals surface area contributed by atoms with Gasteiger partial charge in [0, 0.05) is 18.3 Å². The number of esters is 1. The molecule has 4 saturated carbocycles. The van der Waals surface area contributed by atoms with E-state index in [1.807, 2.05) is 36.5 Å². The normalized spacial score (nSPS) is 31.6. The van der Waals surface area contributed by atoms with Gasteiger partial charge in [-0.25, -0.2) is 9.78 Å². The quantitative estimate of drug-likeness (QED) is 0.224. The Kier molecular flexibility index (Phi) is 9.54. The van der Waals surface area contributed by atoms with E-state index >= 15 is 0 Å². The monoisotopic (exact) mass is 612 g/mol.